The SMILES string of the molecule is O=C1C[C@]23c4ccccc4N[C@H]2C(=Cc2ccccc2)[C@@]3(CCCBr)O1. The van der Waals surface area contributed by atoms with Gasteiger partial charge in [-0.05, 0) is 41.7 Å². The van der Waals surface area contributed by atoms with E-state index in [0.29, 0.717) is 6.42 Å². The summed E-state index contributed by atoms with van der Waals surface area (Å²) in [6.45, 7) is 0. The van der Waals surface area contributed by atoms with Gasteiger partial charge >= 0.3 is 5.97 Å². The number of anilines is 1. The molecule has 3 atom stereocenters. The second kappa shape index (κ2) is 5.71. The highest BCUT2D eigenvalue weighted by molar-refractivity contribution is 9.09. The lowest BCUT2D eigenvalue weighted by Gasteiger charge is -2.57. The van der Waals surface area contributed by atoms with Crippen molar-refractivity contribution in [1.29, 1.82) is 0 Å². The van der Waals surface area contributed by atoms with Crippen molar-refractivity contribution in [3.05, 3.63) is 71.3 Å². The van der Waals surface area contributed by atoms with Crippen LogP contribution in [0.5, 0.6) is 0 Å². The minimum atomic E-state index is -0.530. The summed E-state index contributed by atoms with van der Waals surface area (Å²) in [6, 6.07) is 18.8. The molecular weight excluding hydrogens is 390 g/mol. The van der Waals surface area contributed by atoms with Crippen molar-refractivity contribution in [2.24, 2.45) is 0 Å². The highest BCUT2D eigenvalue weighted by atomic mass is 79.9. The normalized spacial score (nSPS) is 32.3. The minimum Gasteiger partial charge on any atom is -0.453 e. The van der Waals surface area contributed by atoms with Crippen molar-refractivity contribution in [1.82, 2.24) is 0 Å². The van der Waals surface area contributed by atoms with E-state index in [0.717, 1.165) is 29.4 Å². The highest BCUT2D eigenvalue weighted by Crippen LogP contribution is 2.69. The predicted octanol–water partition coefficient (Wildman–Crippen LogP) is 4.68. The van der Waals surface area contributed by atoms with Crippen molar-refractivity contribution in [2.75, 3.05) is 10.6 Å². The van der Waals surface area contributed by atoms with Crippen molar-refractivity contribution in [2.45, 2.75) is 36.3 Å². The Morgan fingerprint density at radius 3 is 2.73 bits per heavy atom. The Labute approximate surface area is 161 Å². The molecule has 0 aromatic heterocycles. The summed E-state index contributed by atoms with van der Waals surface area (Å²) in [6.07, 6.45) is 4.48. The number of esters is 1. The van der Waals surface area contributed by atoms with E-state index >= 15 is 0 Å². The van der Waals surface area contributed by atoms with Crippen LogP contribution in [-0.2, 0) is 14.9 Å². The molecule has 26 heavy (non-hydrogen) atoms. The fourth-order valence-electron chi connectivity index (χ4n) is 5.25. The number of carbonyl (C=O) groups excluding carboxylic acids is 1. The Morgan fingerprint density at radius 2 is 1.92 bits per heavy atom. The molecule has 1 spiro atoms. The molecule has 4 heteroatoms. The average molecular weight is 410 g/mol. The zero-order valence-corrected chi connectivity index (χ0v) is 16.0. The van der Waals surface area contributed by atoms with Gasteiger partial charge in [-0.15, -0.1) is 0 Å². The van der Waals surface area contributed by atoms with Crippen LogP contribution in [0.3, 0.4) is 0 Å². The molecule has 1 saturated carbocycles. The first kappa shape index (κ1) is 16.1. The number of ether oxygens (including phenoxy) is 1. The summed E-state index contributed by atoms with van der Waals surface area (Å²) in [5.74, 6) is -0.0838. The summed E-state index contributed by atoms with van der Waals surface area (Å²) in [4.78, 5) is 12.5. The van der Waals surface area contributed by atoms with E-state index in [1.54, 1.807) is 0 Å². The van der Waals surface area contributed by atoms with Gasteiger partial charge in [-0.2, -0.15) is 0 Å². The minimum absolute atomic E-state index is 0.0838. The lowest BCUT2D eigenvalue weighted by molar-refractivity contribution is -0.150. The summed E-state index contributed by atoms with van der Waals surface area (Å²) >= 11 is 3.55. The van der Waals surface area contributed by atoms with Gasteiger partial charge in [0, 0.05) is 11.0 Å². The third-order valence-corrected chi connectivity index (χ3v) is 6.75. The second-order valence-corrected chi connectivity index (χ2v) is 8.17. The number of alkyl halides is 1. The molecule has 1 aliphatic carbocycles. The number of rotatable bonds is 4. The maximum absolute atomic E-state index is 12.5. The molecule has 2 aromatic rings. The van der Waals surface area contributed by atoms with Crippen LogP contribution in [0.2, 0.25) is 0 Å². The van der Waals surface area contributed by atoms with E-state index in [9.17, 15) is 4.79 Å². The monoisotopic (exact) mass is 409 g/mol. The molecule has 132 valence electrons. The number of fused-ring (bicyclic) bond motifs is 1. The highest BCUT2D eigenvalue weighted by Gasteiger charge is 2.78. The summed E-state index contributed by atoms with van der Waals surface area (Å²) in [5.41, 5.74) is 3.91. The molecular formula is C22H20BrNO2. The Balaban J connectivity index is 1.69. The largest absolute Gasteiger partial charge is 0.453 e. The molecule has 2 aromatic carbocycles. The number of carbonyl (C=O) groups is 1. The van der Waals surface area contributed by atoms with Crippen molar-refractivity contribution < 1.29 is 9.53 Å². The summed E-state index contributed by atoms with van der Waals surface area (Å²) in [5, 5.41) is 4.58. The predicted molar refractivity (Wildman–Crippen MR) is 106 cm³/mol. The van der Waals surface area contributed by atoms with Gasteiger partial charge in [0.15, 0.2) is 0 Å². The first-order valence-electron chi connectivity index (χ1n) is 9.12. The molecule has 3 aliphatic rings. The topological polar surface area (TPSA) is 38.3 Å². The maximum Gasteiger partial charge on any atom is 0.307 e. The molecule has 1 N–H and O–H groups in total. The fourth-order valence-corrected chi connectivity index (χ4v) is 5.53. The Bertz CT molecular complexity index is 909. The Hall–Kier alpha value is -2.07. The smallest absolute Gasteiger partial charge is 0.307 e. The van der Waals surface area contributed by atoms with E-state index in [4.69, 9.17) is 4.74 Å². The van der Waals surface area contributed by atoms with E-state index in [1.807, 2.05) is 24.3 Å². The summed E-state index contributed by atoms with van der Waals surface area (Å²) < 4.78 is 6.13. The van der Waals surface area contributed by atoms with Gasteiger partial charge < -0.3 is 10.1 Å². The number of hydrogen-bond acceptors (Lipinski definition) is 3. The van der Waals surface area contributed by atoms with Crippen LogP contribution in [0, 0.1) is 0 Å². The molecule has 2 fully saturated rings. The molecule has 0 bridgehead atoms. The van der Waals surface area contributed by atoms with Crippen LogP contribution >= 0.6 is 15.9 Å². The fraction of sp³-hybridized carbons (Fsp3) is 0.318. The third kappa shape index (κ3) is 1.91. The number of hydrogen-bond donors (Lipinski definition) is 1. The zero-order valence-electron chi connectivity index (χ0n) is 14.4. The molecule has 3 nitrogen and oxygen atoms in total. The van der Waals surface area contributed by atoms with Crippen LogP contribution in [0.1, 0.15) is 30.4 Å². The first-order chi connectivity index (χ1) is 12.7. The van der Waals surface area contributed by atoms with Crippen molar-refractivity contribution in [3.8, 4) is 0 Å². The number of nitrogens with one attached hydrogen (secondary N) is 1. The average Bonchev–Trinajstić information content (AvgIpc) is 3.10. The van der Waals surface area contributed by atoms with E-state index in [-0.39, 0.29) is 17.4 Å². The molecule has 2 heterocycles. The molecule has 5 rings (SSSR count). The standard InChI is InChI=1S/C22H20BrNO2/c23-12-6-11-22-17(13-15-7-2-1-3-8-15)20-21(22,14-19(25)26-22)16-9-4-5-10-18(16)24-20/h1-5,7-10,13,20,24H,6,11-12,14H2/t20-,21-,22+/m0/s1. The Kier molecular flexibility index (Phi) is 3.54. The Morgan fingerprint density at radius 1 is 1.15 bits per heavy atom. The lowest BCUT2D eigenvalue weighted by Crippen LogP contribution is -2.69. The van der Waals surface area contributed by atoms with Gasteiger partial charge in [0.1, 0.15) is 5.60 Å². The van der Waals surface area contributed by atoms with Crippen LogP contribution in [-0.4, -0.2) is 22.9 Å². The summed E-state index contributed by atoms with van der Waals surface area (Å²) in [7, 11) is 0. The quantitative estimate of drug-likeness (QED) is 0.588. The number of halogens is 1. The number of benzene rings is 2. The molecule has 0 unspecified atom stereocenters. The van der Waals surface area contributed by atoms with Gasteiger partial charge in [0.05, 0.1) is 17.9 Å². The van der Waals surface area contributed by atoms with Gasteiger partial charge in [0.25, 0.3) is 0 Å². The van der Waals surface area contributed by atoms with Gasteiger partial charge in [-0.1, -0.05) is 64.5 Å². The van der Waals surface area contributed by atoms with Gasteiger partial charge in [0.2, 0.25) is 0 Å². The van der Waals surface area contributed by atoms with Crippen molar-refractivity contribution >= 4 is 33.7 Å². The van der Waals surface area contributed by atoms with Crippen molar-refractivity contribution in [3.63, 3.8) is 0 Å². The van der Waals surface area contributed by atoms with Crippen LogP contribution < -0.4 is 5.32 Å². The maximum atomic E-state index is 12.5. The van der Waals surface area contributed by atoms with Gasteiger partial charge in [-0.25, -0.2) is 0 Å². The van der Waals surface area contributed by atoms with E-state index in [1.165, 1.54) is 11.1 Å². The first-order valence-corrected chi connectivity index (χ1v) is 10.2. The molecule has 0 amide bonds. The van der Waals surface area contributed by atoms with Crippen LogP contribution in [0.25, 0.3) is 6.08 Å². The van der Waals surface area contributed by atoms with E-state index < -0.39 is 5.60 Å². The third-order valence-electron chi connectivity index (χ3n) is 6.19. The second-order valence-electron chi connectivity index (χ2n) is 7.38. The van der Waals surface area contributed by atoms with Crippen LogP contribution in [0.4, 0.5) is 5.69 Å². The van der Waals surface area contributed by atoms with Crippen LogP contribution in [0.15, 0.2) is 60.2 Å². The number of para-hydroxylation sites is 1. The molecule has 1 saturated heterocycles. The lowest BCUT2D eigenvalue weighted by atomic mass is 9.47. The molecule has 2 aliphatic heterocycles. The molecule has 0 radical (unpaired) electrons. The zero-order chi connectivity index (χ0) is 17.8. The van der Waals surface area contributed by atoms with Gasteiger partial charge in [-0.3, -0.25) is 4.79 Å². The van der Waals surface area contributed by atoms with E-state index in [2.05, 4.69) is 57.7 Å².